The number of amides is 2. The van der Waals surface area contributed by atoms with Gasteiger partial charge in [0.1, 0.15) is 0 Å². The zero-order valence-corrected chi connectivity index (χ0v) is 12.1. The molecule has 0 spiro atoms. The van der Waals surface area contributed by atoms with Gasteiger partial charge < -0.3 is 5.32 Å². The van der Waals surface area contributed by atoms with Crippen molar-refractivity contribution in [2.24, 2.45) is 0 Å². The minimum atomic E-state index is -3.84. The topological polar surface area (TPSA) is 95.6 Å². The summed E-state index contributed by atoms with van der Waals surface area (Å²) in [7, 11) is -3.84. The van der Waals surface area contributed by atoms with Gasteiger partial charge in [-0.1, -0.05) is 0 Å². The minimum Gasteiger partial charge on any atom is -0.385 e. The molecule has 2 heterocycles. The van der Waals surface area contributed by atoms with Gasteiger partial charge in [0.25, 0.3) is 0 Å². The number of imide groups is 1. The number of aryl methyl sites for hydroxylation is 1. The average Bonchev–Trinajstić information content (AvgIpc) is 2.45. The normalized spacial score (nSPS) is 19.6. The van der Waals surface area contributed by atoms with E-state index >= 15 is 0 Å². The van der Waals surface area contributed by atoms with E-state index < -0.39 is 21.8 Å². The quantitative estimate of drug-likeness (QED) is 0.731. The summed E-state index contributed by atoms with van der Waals surface area (Å²) in [6.45, 7) is 0.215. The lowest BCUT2D eigenvalue weighted by Gasteiger charge is -2.25. The monoisotopic (exact) mass is 309 g/mol. The summed E-state index contributed by atoms with van der Waals surface area (Å²) in [5, 5.41) is 5.30. The highest BCUT2D eigenvalue weighted by molar-refractivity contribution is 7.89. The number of nitrogens with one attached hydrogen (secondary N) is 2. The number of sulfonamides is 1. The van der Waals surface area contributed by atoms with Crippen LogP contribution in [0.2, 0.25) is 0 Å². The second-order valence-corrected chi connectivity index (χ2v) is 7.03. The van der Waals surface area contributed by atoms with Crippen LogP contribution in [0.3, 0.4) is 0 Å². The Morgan fingerprint density at radius 3 is 2.52 bits per heavy atom. The van der Waals surface area contributed by atoms with Crippen molar-refractivity contribution in [1.82, 2.24) is 9.62 Å². The van der Waals surface area contributed by atoms with Gasteiger partial charge in [-0.2, -0.15) is 4.31 Å². The maximum atomic E-state index is 12.5. The number of fused-ring (bicyclic) bond motifs is 1. The smallest absolute Gasteiger partial charge is 0.244 e. The van der Waals surface area contributed by atoms with Crippen LogP contribution in [-0.4, -0.2) is 44.2 Å². The summed E-state index contributed by atoms with van der Waals surface area (Å²) in [6, 6.07) is 4.85. The molecule has 1 aromatic rings. The molecule has 1 fully saturated rings. The van der Waals surface area contributed by atoms with E-state index in [0.29, 0.717) is 0 Å². The van der Waals surface area contributed by atoms with E-state index in [1.54, 1.807) is 12.1 Å². The highest BCUT2D eigenvalue weighted by Gasteiger charge is 2.33. The van der Waals surface area contributed by atoms with Crippen molar-refractivity contribution in [2.75, 3.05) is 25.0 Å². The molecular formula is C13H15N3O4S. The molecule has 1 aromatic carbocycles. The van der Waals surface area contributed by atoms with Crippen LogP contribution in [0.25, 0.3) is 0 Å². The molecule has 2 amide bonds. The van der Waals surface area contributed by atoms with Crippen molar-refractivity contribution in [2.45, 2.75) is 17.7 Å². The minimum absolute atomic E-state index is 0.118. The molecule has 0 saturated carbocycles. The predicted octanol–water partition coefficient (Wildman–Crippen LogP) is -0.308. The number of hydrogen-bond donors (Lipinski definition) is 2. The van der Waals surface area contributed by atoms with E-state index in [1.165, 1.54) is 6.07 Å². The molecule has 0 aromatic heterocycles. The van der Waals surface area contributed by atoms with Crippen LogP contribution in [-0.2, 0) is 26.0 Å². The molecular weight excluding hydrogens is 294 g/mol. The molecule has 0 aliphatic carbocycles. The maximum Gasteiger partial charge on any atom is 0.244 e. The Bertz CT molecular complexity index is 698. The van der Waals surface area contributed by atoms with Crippen molar-refractivity contribution in [1.29, 1.82) is 0 Å². The molecule has 8 heteroatoms. The van der Waals surface area contributed by atoms with E-state index in [9.17, 15) is 18.0 Å². The molecule has 2 N–H and O–H groups in total. The average molecular weight is 309 g/mol. The van der Waals surface area contributed by atoms with E-state index in [0.717, 1.165) is 34.9 Å². The Hall–Kier alpha value is -1.93. The zero-order chi connectivity index (χ0) is 15.0. The van der Waals surface area contributed by atoms with Crippen LogP contribution in [0, 0.1) is 0 Å². The number of carbonyl (C=O) groups is 2. The number of carbonyl (C=O) groups excluding carboxylic acids is 2. The largest absolute Gasteiger partial charge is 0.385 e. The van der Waals surface area contributed by atoms with Gasteiger partial charge in [-0.3, -0.25) is 14.9 Å². The third-order valence-electron chi connectivity index (χ3n) is 3.57. The number of anilines is 1. The summed E-state index contributed by atoms with van der Waals surface area (Å²) >= 11 is 0. The molecule has 1 saturated heterocycles. The molecule has 3 rings (SSSR count). The van der Waals surface area contributed by atoms with Crippen molar-refractivity contribution in [3.63, 3.8) is 0 Å². The SMILES string of the molecule is O=C1CN(S(=O)(=O)c2ccc3c(c2)CCCN3)CC(=O)N1. The summed E-state index contributed by atoms with van der Waals surface area (Å²) in [5.41, 5.74) is 1.88. The number of hydrogen-bond acceptors (Lipinski definition) is 5. The number of piperazine rings is 1. The van der Waals surface area contributed by atoms with Gasteiger partial charge in [0.05, 0.1) is 18.0 Å². The Morgan fingerprint density at radius 1 is 1.10 bits per heavy atom. The highest BCUT2D eigenvalue weighted by atomic mass is 32.2. The second-order valence-electron chi connectivity index (χ2n) is 5.09. The summed E-state index contributed by atoms with van der Waals surface area (Å²) in [4.78, 5) is 22.8. The molecule has 0 atom stereocenters. The first-order valence-corrected chi connectivity index (χ1v) is 8.10. The molecule has 112 valence electrons. The maximum absolute atomic E-state index is 12.5. The summed E-state index contributed by atoms with van der Waals surface area (Å²) < 4.78 is 26.0. The third kappa shape index (κ3) is 2.64. The van der Waals surface area contributed by atoms with E-state index in [-0.39, 0.29) is 18.0 Å². The molecule has 21 heavy (non-hydrogen) atoms. The Balaban J connectivity index is 1.94. The Morgan fingerprint density at radius 2 is 1.81 bits per heavy atom. The first-order chi connectivity index (χ1) is 9.96. The number of nitrogens with zero attached hydrogens (tertiary/aromatic N) is 1. The van der Waals surface area contributed by atoms with Gasteiger partial charge in [-0.05, 0) is 36.6 Å². The zero-order valence-electron chi connectivity index (χ0n) is 11.3. The van der Waals surface area contributed by atoms with Gasteiger partial charge in [0.2, 0.25) is 21.8 Å². The molecule has 7 nitrogen and oxygen atoms in total. The molecule has 0 unspecified atom stereocenters. The second kappa shape index (κ2) is 5.12. The van der Waals surface area contributed by atoms with Gasteiger partial charge >= 0.3 is 0 Å². The fourth-order valence-electron chi connectivity index (χ4n) is 2.54. The molecule has 0 radical (unpaired) electrons. The fraction of sp³-hybridized carbons (Fsp3) is 0.385. The third-order valence-corrected chi connectivity index (χ3v) is 5.36. The Labute approximate surface area is 122 Å². The fourth-order valence-corrected chi connectivity index (χ4v) is 3.95. The van der Waals surface area contributed by atoms with E-state index in [2.05, 4.69) is 10.6 Å². The van der Waals surface area contributed by atoms with Crippen LogP contribution in [0.5, 0.6) is 0 Å². The number of rotatable bonds is 2. The standard InChI is InChI=1S/C13H15N3O4S/c17-12-7-16(8-13(18)15-12)21(19,20)10-3-4-11-9(6-10)2-1-5-14-11/h3-4,6,14H,1-2,5,7-8H2,(H,15,17,18). The lowest BCUT2D eigenvalue weighted by Crippen LogP contribution is -2.53. The van der Waals surface area contributed by atoms with Crippen molar-refractivity contribution in [3.8, 4) is 0 Å². The summed E-state index contributed by atoms with van der Waals surface area (Å²) in [6.07, 6.45) is 1.76. The van der Waals surface area contributed by atoms with Crippen molar-refractivity contribution < 1.29 is 18.0 Å². The van der Waals surface area contributed by atoms with Crippen LogP contribution >= 0.6 is 0 Å². The van der Waals surface area contributed by atoms with Gasteiger partial charge in [0, 0.05) is 12.2 Å². The molecule has 2 aliphatic rings. The van der Waals surface area contributed by atoms with Gasteiger partial charge in [-0.15, -0.1) is 0 Å². The van der Waals surface area contributed by atoms with E-state index in [4.69, 9.17) is 0 Å². The summed E-state index contributed by atoms with van der Waals surface area (Å²) in [5.74, 6) is -1.20. The van der Waals surface area contributed by atoms with E-state index in [1.807, 2.05) is 0 Å². The van der Waals surface area contributed by atoms with Crippen molar-refractivity contribution >= 4 is 27.5 Å². The predicted molar refractivity (Wildman–Crippen MR) is 75.2 cm³/mol. The van der Waals surface area contributed by atoms with Crippen molar-refractivity contribution in [3.05, 3.63) is 23.8 Å². The van der Waals surface area contributed by atoms with Crippen LogP contribution < -0.4 is 10.6 Å². The van der Waals surface area contributed by atoms with Crippen LogP contribution in [0.15, 0.2) is 23.1 Å². The lowest BCUT2D eigenvalue weighted by molar-refractivity contribution is -0.134. The van der Waals surface area contributed by atoms with Gasteiger partial charge in [-0.25, -0.2) is 8.42 Å². The first kappa shape index (κ1) is 14.0. The highest BCUT2D eigenvalue weighted by Crippen LogP contribution is 2.26. The lowest BCUT2D eigenvalue weighted by atomic mass is 10.0. The Kier molecular flexibility index (Phi) is 3.42. The first-order valence-electron chi connectivity index (χ1n) is 6.66. The molecule has 0 bridgehead atoms. The number of benzene rings is 1. The van der Waals surface area contributed by atoms with Crippen LogP contribution in [0.1, 0.15) is 12.0 Å². The van der Waals surface area contributed by atoms with Crippen LogP contribution in [0.4, 0.5) is 5.69 Å². The molecule has 2 aliphatic heterocycles. The van der Waals surface area contributed by atoms with Gasteiger partial charge in [0.15, 0.2) is 0 Å².